The molecule has 0 unspecified atom stereocenters. The van der Waals surface area contributed by atoms with E-state index in [1.54, 1.807) is 19.1 Å². The van der Waals surface area contributed by atoms with E-state index in [4.69, 9.17) is 9.47 Å². The van der Waals surface area contributed by atoms with Gasteiger partial charge in [-0.25, -0.2) is 4.79 Å². The number of halogens is 1. The fourth-order valence-electron chi connectivity index (χ4n) is 3.00. The average molecular weight is 533 g/mol. The second-order valence-corrected chi connectivity index (χ2v) is 8.01. The lowest BCUT2D eigenvalue weighted by Gasteiger charge is -2.35. The zero-order valence-corrected chi connectivity index (χ0v) is 21.1. The molecule has 170 valence electrons. The van der Waals surface area contributed by atoms with E-state index in [0.717, 1.165) is 43.5 Å². The summed E-state index contributed by atoms with van der Waals surface area (Å²) in [6.45, 7) is 11.1. The molecule has 1 amide bonds. The maximum atomic E-state index is 12.1. The number of ether oxygens (including phenoxy) is 2. The van der Waals surface area contributed by atoms with Crippen LogP contribution in [0.15, 0.2) is 29.3 Å². The lowest BCUT2D eigenvalue weighted by atomic mass is 10.2. The molecule has 0 radical (unpaired) electrons. The molecule has 1 aromatic carbocycles. The molecule has 0 bridgehead atoms. The van der Waals surface area contributed by atoms with Gasteiger partial charge in [-0.05, 0) is 38.5 Å². The van der Waals surface area contributed by atoms with Crippen LogP contribution in [0, 0.1) is 0 Å². The number of methoxy groups -OCH3 is 1. The Kier molecular flexibility index (Phi) is 11.2. The maximum Gasteiger partial charge on any atom is 0.410 e. The predicted molar refractivity (Wildman–Crippen MR) is 131 cm³/mol. The molecule has 9 heteroatoms. The van der Waals surface area contributed by atoms with Crippen molar-refractivity contribution in [2.75, 3.05) is 53.4 Å². The minimum atomic E-state index is -0.452. The Morgan fingerprint density at radius 2 is 1.87 bits per heavy atom. The van der Waals surface area contributed by atoms with Crippen LogP contribution in [0.2, 0.25) is 0 Å². The molecular weight excluding hydrogens is 497 g/mol. The van der Waals surface area contributed by atoms with Crippen LogP contribution in [0.4, 0.5) is 4.79 Å². The summed E-state index contributed by atoms with van der Waals surface area (Å²) >= 11 is 0. The van der Waals surface area contributed by atoms with Crippen molar-refractivity contribution < 1.29 is 14.3 Å². The first kappa shape index (κ1) is 26.3. The van der Waals surface area contributed by atoms with E-state index in [9.17, 15) is 4.79 Å². The Bertz CT molecular complexity index is 685. The first-order valence-electron chi connectivity index (χ1n) is 10.1. The van der Waals surface area contributed by atoms with Crippen molar-refractivity contribution in [2.45, 2.75) is 32.9 Å². The molecule has 1 heterocycles. The lowest BCUT2D eigenvalue weighted by molar-refractivity contribution is 0.0147. The number of aliphatic imine (C=N–C) groups is 1. The van der Waals surface area contributed by atoms with Crippen LogP contribution < -0.4 is 15.4 Å². The molecule has 0 atom stereocenters. The first-order valence-corrected chi connectivity index (χ1v) is 10.1. The van der Waals surface area contributed by atoms with Gasteiger partial charge >= 0.3 is 6.09 Å². The highest BCUT2D eigenvalue weighted by atomic mass is 127. The number of nitrogens with one attached hydrogen (secondary N) is 2. The number of rotatable bonds is 6. The number of benzene rings is 1. The minimum absolute atomic E-state index is 0. The molecule has 2 rings (SSSR count). The molecule has 0 saturated carbocycles. The summed E-state index contributed by atoms with van der Waals surface area (Å²) in [7, 11) is 3.43. The second-order valence-electron chi connectivity index (χ2n) is 8.01. The fourth-order valence-corrected chi connectivity index (χ4v) is 3.00. The maximum absolute atomic E-state index is 12.1. The van der Waals surface area contributed by atoms with Gasteiger partial charge in [-0.1, -0.05) is 12.1 Å². The molecule has 1 aliphatic rings. The summed E-state index contributed by atoms with van der Waals surface area (Å²) in [5.41, 5.74) is 0.678. The number of nitrogens with zero attached hydrogens (tertiary/aromatic N) is 3. The number of amides is 1. The molecule has 0 aromatic heterocycles. The van der Waals surface area contributed by atoms with E-state index in [1.165, 1.54) is 0 Å². The van der Waals surface area contributed by atoms with Gasteiger partial charge in [0.25, 0.3) is 0 Å². The van der Waals surface area contributed by atoms with Gasteiger partial charge in [0.05, 0.1) is 7.11 Å². The standard InChI is InChI=1S/C21H35N5O3.HI/c1-21(2,3)29-20(27)26-13-11-25(12-14-26)10-9-23-19(22-4)24-16-17-7-6-8-18(15-17)28-5;/h6-8,15H,9-14,16H2,1-5H3,(H2,22,23,24);1H. The van der Waals surface area contributed by atoms with Gasteiger partial charge in [0, 0.05) is 52.9 Å². The number of hydrogen-bond donors (Lipinski definition) is 2. The molecule has 0 spiro atoms. The van der Waals surface area contributed by atoms with Gasteiger partial charge in [0.1, 0.15) is 11.4 Å². The summed E-state index contributed by atoms with van der Waals surface area (Å²) in [5.74, 6) is 1.61. The Hall–Kier alpha value is -1.75. The molecular formula is C21H36IN5O3. The largest absolute Gasteiger partial charge is 0.497 e. The van der Waals surface area contributed by atoms with Gasteiger partial charge < -0.3 is 25.0 Å². The lowest BCUT2D eigenvalue weighted by Crippen LogP contribution is -2.51. The molecule has 30 heavy (non-hydrogen) atoms. The SMILES string of the molecule is CN=C(NCCN1CCN(C(=O)OC(C)(C)C)CC1)NCc1cccc(OC)c1.I. The quantitative estimate of drug-likeness (QED) is 0.333. The predicted octanol–water partition coefficient (Wildman–Crippen LogP) is 2.53. The zero-order valence-electron chi connectivity index (χ0n) is 18.7. The molecule has 1 fully saturated rings. The molecule has 1 aliphatic heterocycles. The van der Waals surface area contributed by atoms with Crippen LogP contribution in [-0.2, 0) is 11.3 Å². The van der Waals surface area contributed by atoms with Crippen LogP contribution in [0.5, 0.6) is 5.75 Å². The highest BCUT2D eigenvalue weighted by Gasteiger charge is 2.25. The highest BCUT2D eigenvalue weighted by molar-refractivity contribution is 14.0. The topological polar surface area (TPSA) is 78.4 Å². The van der Waals surface area contributed by atoms with Crippen molar-refractivity contribution >= 4 is 36.0 Å². The van der Waals surface area contributed by atoms with Crippen molar-refractivity contribution in [3.05, 3.63) is 29.8 Å². The van der Waals surface area contributed by atoms with Gasteiger partial charge in [-0.15, -0.1) is 24.0 Å². The Morgan fingerprint density at radius 3 is 2.47 bits per heavy atom. The van der Waals surface area contributed by atoms with Gasteiger partial charge in [-0.3, -0.25) is 9.89 Å². The molecule has 0 aliphatic carbocycles. The second kappa shape index (κ2) is 12.8. The summed E-state index contributed by atoms with van der Waals surface area (Å²) in [5, 5.41) is 6.66. The summed E-state index contributed by atoms with van der Waals surface area (Å²) in [6, 6.07) is 7.96. The number of guanidine groups is 1. The van der Waals surface area contributed by atoms with E-state index in [2.05, 4.69) is 20.5 Å². The van der Waals surface area contributed by atoms with Crippen molar-refractivity contribution in [1.82, 2.24) is 20.4 Å². The molecule has 1 saturated heterocycles. The van der Waals surface area contributed by atoms with Gasteiger partial charge in [0.15, 0.2) is 5.96 Å². The van der Waals surface area contributed by atoms with Gasteiger partial charge in [-0.2, -0.15) is 0 Å². The number of carbonyl (C=O) groups excluding carboxylic acids is 1. The number of piperazine rings is 1. The molecule has 8 nitrogen and oxygen atoms in total. The van der Waals surface area contributed by atoms with Crippen LogP contribution in [0.25, 0.3) is 0 Å². The smallest absolute Gasteiger partial charge is 0.410 e. The van der Waals surface area contributed by atoms with Gasteiger partial charge in [0.2, 0.25) is 0 Å². The summed E-state index contributed by atoms with van der Waals surface area (Å²) in [4.78, 5) is 20.5. The summed E-state index contributed by atoms with van der Waals surface area (Å²) < 4.78 is 10.7. The monoisotopic (exact) mass is 533 g/mol. The van der Waals surface area contributed by atoms with Crippen LogP contribution in [-0.4, -0.2) is 80.9 Å². The Morgan fingerprint density at radius 1 is 1.17 bits per heavy atom. The van der Waals surface area contributed by atoms with E-state index in [-0.39, 0.29) is 30.1 Å². The van der Waals surface area contributed by atoms with E-state index in [1.807, 2.05) is 45.0 Å². The third-order valence-corrected chi connectivity index (χ3v) is 4.56. The summed E-state index contributed by atoms with van der Waals surface area (Å²) in [6.07, 6.45) is -0.225. The first-order chi connectivity index (χ1) is 13.8. The van der Waals surface area contributed by atoms with Crippen LogP contribution >= 0.6 is 24.0 Å². The molecule has 1 aromatic rings. The number of carbonyl (C=O) groups is 1. The average Bonchev–Trinajstić information content (AvgIpc) is 2.70. The van der Waals surface area contributed by atoms with Crippen LogP contribution in [0.1, 0.15) is 26.3 Å². The third kappa shape index (κ3) is 9.38. The Balaban J connectivity index is 0.00000450. The van der Waals surface area contributed by atoms with E-state index < -0.39 is 5.60 Å². The third-order valence-electron chi connectivity index (χ3n) is 4.56. The van der Waals surface area contributed by atoms with Crippen LogP contribution in [0.3, 0.4) is 0 Å². The van der Waals surface area contributed by atoms with Crippen molar-refractivity contribution in [3.8, 4) is 5.75 Å². The normalized spacial score (nSPS) is 15.2. The van der Waals surface area contributed by atoms with Crippen molar-refractivity contribution in [3.63, 3.8) is 0 Å². The van der Waals surface area contributed by atoms with E-state index in [0.29, 0.717) is 19.6 Å². The minimum Gasteiger partial charge on any atom is -0.497 e. The highest BCUT2D eigenvalue weighted by Crippen LogP contribution is 2.12. The van der Waals surface area contributed by atoms with E-state index >= 15 is 0 Å². The van der Waals surface area contributed by atoms with Crippen molar-refractivity contribution in [1.29, 1.82) is 0 Å². The number of hydrogen-bond acceptors (Lipinski definition) is 5. The Labute approximate surface area is 197 Å². The van der Waals surface area contributed by atoms with Crippen molar-refractivity contribution in [2.24, 2.45) is 4.99 Å². The molecule has 2 N–H and O–H groups in total. The zero-order chi connectivity index (χ0) is 21.3. The fraction of sp³-hybridized carbons (Fsp3) is 0.619.